The molecule has 0 unspecified atom stereocenters. The Labute approximate surface area is 169 Å². The standard InChI is InChI=1S/C20H23ClN4O3/c1-13-5-9-16(10-6-13)22-18(26)24-20(3,4)14(2)25-28-19(27)23-17-11-7-15(21)8-12-17/h5-12H,1-4H3,(H,23,27)(H2,22,24,26)/b25-14+. The number of amides is 3. The van der Waals surface area contributed by atoms with Gasteiger partial charge in [-0.25, -0.2) is 9.59 Å². The third-order valence-corrected chi connectivity index (χ3v) is 4.25. The van der Waals surface area contributed by atoms with E-state index in [1.165, 1.54) is 0 Å². The summed E-state index contributed by atoms with van der Waals surface area (Å²) in [5.41, 5.74) is 1.88. The van der Waals surface area contributed by atoms with E-state index in [-0.39, 0.29) is 0 Å². The highest BCUT2D eigenvalue weighted by atomic mass is 35.5. The molecule has 0 saturated carbocycles. The maximum atomic E-state index is 12.2. The van der Waals surface area contributed by atoms with E-state index in [2.05, 4.69) is 21.1 Å². The number of urea groups is 1. The summed E-state index contributed by atoms with van der Waals surface area (Å²) in [5.74, 6) is 0. The van der Waals surface area contributed by atoms with E-state index in [4.69, 9.17) is 16.4 Å². The lowest BCUT2D eigenvalue weighted by molar-refractivity contribution is 0.165. The second-order valence-corrected chi connectivity index (χ2v) is 7.19. The van der Waals surface area contributed by atoms with E-state index in [1.54, 1.807) is 45.0 Å². The van der Waals surface area contributed by atoms with Gasteiger partial charge in [-0.3, -0.25) is 10.2 Å². The lowest BCUT2D eigenvalue weighted by atomic mass is 10.0. The number of nitrogens with one attached hydrogen (secondary N) is 3. The molecule has 0 aliphatic carbocycles. The number of rotatable bonds is 5. The van der Waals surface area contributed by atoms with Crippen molar-refractivity contribution in [2.45, 2.75) is 33.2 Å². The number of oxime groups is 1. The molecule has 0 aliphatic heterocycles. The summed E-state index contributed by atoms with van der Waals surface area (Å²) in [6.07, 6.45) is -0.749. The maximum absolute atomic E-state index is 12.2. The van der Waals surface area contributed by atoms with Crippen molar-refractivity contribution in [2.75, 3.05) is 10.6 Å². The van der Waals surface area contributed by atoms with Gasteiger partial charge >= 0.3 is 12.1 Å². The van der Waals surface area contributed by atoms with Crippen LogP contribution < -0.4 is 16.0 Å². The van der Waals surface area contributed by atoms with Crippen LogP contribution in [0.5, 0.6) is 0 Å². The zero-order valence-corrected chi connectivity index (χ0v) is 16.9. The highest BCUT2D eigenvalue weighted by molar-refractivity contribution is 6.30. The number of aryl methyl sites for hydroxylation is 1. The molecule has 0 bridgehead atoms. The first kappa shape index (κ1) is 21.2. The summed E-state index contributed by atoms with van der Waals surface area (Å²) in [4.78, 5) is 28.9. The van der Waals surface area contributed by atoms with Crippen molar-refractivity contribution in [1.29, 1.82) is 0 Å². The quantitative estimate of drug-likeness (QED) is 0.366. The van der Waals surface area contributed by atoms with Gasteiger partial charge in [0.05, 0.1) is 11.3 Å². The molecule has 2 rings (SSSR count). The number of carbonyl (C=O) groups is 2. The van der Waals surface area contributed by atoms with Crippen molar-refractivity contribution < 1.29 is 14.4 Å². The highest BCUT2D eigenvalue weighted by Crippen LogP contribution is 2.14. The molecule has 148 valence electrons. The molecule has 0 aliphatic rings. The van der Waals surface area contributed by atoms with Crippen LogP contribution in [0, 0.1) is 6.92 Å². The number of halogens is 1. The predicted octanol–water partition coefficient (Wildman–Crippen LogP) is 5.17. The Morgan fingerprint density at radius 1 is 0.964 bits per heavy atom. The van der Waals surface area contributed by atoms with Crippen molar-refractivity contribution in [1.82, 2.24) is 5.32 Å². The van der Waals surface area contributed by atoms with Gasteiger partial charge in [-0.15, -0.1) is 0 Å². The van der Waals surface area contributed by atoms with E-state index in [9.17, 15) is 9.59 Å². The monoisotopic (exact) mass is 402 g/mol. The molecule has 0 spiro atoms. The van der Waals surface area contributed by atoms with Gasteiger partial charge in [-0.1, -0.05) is 34.5 Å². The minimum Gasteiger partial charge on any atom is -0.328 e. The largest absolute Gasteiger partial charge is 0.437 e. The van der Waals surface area contributed by atoms with Gasteiger partial charge in [0.25, 0.3) is 0 Å². The first-order valence-corrected chi connectivity index (χ1v) is 8.98. The number of hydrogen-bond acceptors (Lipinski definition) is 4. The normalized spacial score (nSPS) is 11.5. The molecular weight excluding hydrogens is 380 g/mol. The Bertz CT molecular complexity index is 862. The zero-order valence-electron chi connectivity index (χ0n) is 16.2. The van der Waals surface area contributed by atoms with Gasteiger partial charge in [-0.2, -0.15) is 0 Å². The lowest BCUT2D eigenvalue weighted by Crippen LogP contribution is -2.50. The Balaban J connectivity index is 1.89. The molecule has 0 aromatic heterocycles. The summed E-state index contributed by atoms with van der Waals surface area (Å²) in [5, 5.41) is 12.4. The first-order chi connectivity index (χ1) is 13.2. The van der Waals surface area contributed by atoms with Crippen LogP contribution in [0.3, 0.4) is 0 Å². The van der Waals surface area contributed by atoms with Gasteiger partial charge in [0.2, 0.25) is 0 Å². The van der Waals surface area contributed by atoms with Gasteiger partial charge < -0.3 is 10.6 Å². The molecule has 2 aromatic carbocycles. The van der Waals surface area contributed by atoms with Crippen LogP contribution in [0.15, 0.2) is 53.7 Å². The second kappa shape index (κ2) is 9.23. The van der Waals surface area contributed by atoms with Gasteiger partial charge in [-0.05, 0) is 64.1 Å². The van der Waals surface area contributed by atoms with E-state index < -0.39 is 17.7 Å². The Morgan fingerprint density at radius 2 is 1.50 bits per heavy atom. The molecule has 0 fully saturated rings. The van der Waals surface area contributed by atoms with Crippen LogP contribution >= 0.6 is 11.6 Å². The Hall–Kier alpha value is -3.06. The second-order valence-electron chi connectivity index (χ2n) is 6.76. The van der Waals surface area contributed by atoms with Crippen LogP contribution in [-0.2, 0) is 4.84 Å². The molecule has 28 heavy (non-hydrogen) atoms. The fourth-order valence-corrected chi connectivity index (χ4v) is 2.20. The smallest absolute Gasteiger partial charge is 0.328 e. The predicted molar refractivity (Wildman–Crippen MR) is 112 cm³/mol. The third-order valence-electron chi connectivity index (χ3n) is 4.00. The number of nitrogens with zero attached hydrogens (tertiary/aromatic N) is 1. The van der Waals surface area contributed by atoms with Gasteiger partial charge in [0.1, 0.15) is 0 Å². The molecule has 0 heterocycles. The molecule has 0 atom stereocenters. The van der Waals surface area contributed by atoms with Crippen molar-refractivity contribution in [3.8, 4) is 0 Å². The average Bonchev–Trinajstić information content (AvgIpc) is 2.63. The third kappa shape index (κ3) is 6.59. The molecule has 0 radical (unpaired) electrons. The molecule has 2 aromatic rings. The molecule has 0 saturated heterocycles. The number of benzene rings is 2. The minimum atomic E-state index is -0.838. The molecular formula is C20H23ClN4O3. The number of carbonyl (C=O) groups excluding carboxylic acids is 2. The Kier molecular flexibility index (Phi) is 7.00. The van der Waals surface area contributed by atoms with Crippen molar-refractivity contribution in [3.05, 3.63) is 59.1 Å². The van der Waals surface area contributed by atoms with E-state index in [0.29, 0.717) is 22.1 Å². The molecule has 3 N–H and O–H groups in total. The number of hydrogen-bond donors (Lipinski definition) is 3. The van der Waals surface area contributed by atoms with Gasteiger partial charge in [0, 0.05) is 16.4 Å². The summed E-state index contributed by atoms with van der Waals surface area (Å²) in [7, 11) is 0. The summed E-state index contributed by atoms with van der Waals surface area (Å²) in [6, 6.07) is 13.6. The van der Waals surface area contributed by atoms with Crippen LogP contribution in [-0.4, -0.2) is 23.4 Å². The Morgan fingerprint density at radius 3 is 2.11 bits per heavy atom. The lowest BCUT2D eigenvalue weighted by Gasteiger charge is -2.25. The maximum Gasteiger partial charge on any atom is 0.437 e. The molecule has 7 nitrogen and oxygen atoms in total. The summed E-state index contributed by atoms with van der Waals surface area (Å²) < 4.78 is 0. The van der Waals surface area contributed by atoms with Crippen molar-refractivity contribution >= 4 is 40.8 Å². The molecule has 3 amide bonds. The fourth-order valence-electron chi connectivity index (χ4n) is 2.07. The fraction of sp³-hybridized carbons (Fsp3) is 0.250. The van der Waals surface area contributed by atoms with Crippen LogP contribution in [0.2, 0.25) is 5.02 Å². The van der Waals surface area contributed by atoms with Crippen molar-refractivity contribution in [2.24, 2.45) is 5.16 Å². The van der Waals surface area contributed by atoms with Crippen LogP contribution in [0.1, 0.15) is 26.3 Å². The summed E-state index contributed by atoms with van der Waals surface area (Å²) in [6.45, 7) is 7.12. The first-order valence-electron chi connectivity index (χ1n) is 8.60. The SMILES string of the molecule is C/C(=N\OC(=O)Nc1ccc(Cl)cc1)C(C)(C)NC(=O)Nc1ccc(C)cc1. The molecule has 8 heteroatoms. The van der Waals surface area contributed by atoms with E-state index in [1.807, 2.05) is 31.2 Å². The zero-order chi connectivity index (χ0) is 20.7. The number of anilines is 2. The van der Waals surface area contributed by atoms with Crippen LogP contribution in [0.4, 0.5) is 21.0 Å². The van der Waals surface area contributed by atoms with E-state index >= 15 is 0 Å². The minimum absolute atomic E-state index is 0.394. The van der Waals surface area contributed by atoms with Gasteiger partial charge in [0.15, 0.2) is 0 Å². The highest BCUT2D eigenvalue weighted by Gasteiger charge is 2.25. The van der Waals surface area contributed by atoms with E-state index in [0.717, 1.165) is 5.56 Å². The summed E-state index contributed by atoms with van der Waals surface area (Å²) >= 11 is 5.80. The van der Waals surface area contributed by atoms with Crippen molar-refractivity contribution in [3.63, 3.8) is 0 Å². The topological polar surface area (TPSA) is 91.8 Å². The van der Waals surface area contributed by atoms with Crippen LogP contribution in [0.25, 0.3) is 0 Å². The average molecular weight is 403 g/mol.